The van der Waals surface area contributed by atoms with Crippen molar-refractivity contribution in [3.63, 3.8) is 0 Å². The molecule has 0 unspecified atom stereocenters. The molecule has 2 aromatic rings. The number of carbonyl (C=O) groups excluding carboxylic acids is 1. The molecule has 5 nitrogen and oxygen atoms in total. The average Bonchev–Trinajstić information content (AvgIpc) is 2.77. The van der Waals surface area contributed by atoms with E-state index >= 15 is 0 Å². The largest absolute Gasteiger partial charge is 0.377 e. The van der Waals surface area contributed by atoms with E-state index in [0.717, 1.165) is 37.5 Å². The van der Waals surface area contributed by atoms with E-state index in [-0.39, 0.29) is 29.4 Å². The summed E-state index contributed by atoms with van der Waals surface area (Å²) in [7, 11) is 0. The number of halogens is 2. The third kappa shape index (κ3) is 4.52. The van der Waals surface area contributed by atoms with Crippen LogP contribution in [0.25, 0.3) is 0 Å². The third-order valence-corrected chi connectivity index (χ3v) is 6.12. The van der Waals surface area contributed by atoms with E-state index in [1.807, 2.05) is 12.1 Å². The molecule has 0 N–H and O–H groups in total. The van der Waals surface area contributed by atoms with Crippen LogP contribution in [0.1, 0.15) is 30.4 Å². The molecule has 0 saturated carbocycles. The lowest BCUT2D eigenvalue weighted by molar-refractivity contribution is -0.165. The predicted molar refractivity (Wildman–Crippen MR) is 107 cm³/mol. The fraction of sp³-hybridized carbons (Fsp3) is 0.478. The van der Waals surface area contributed by atoms with Gasteiger partial charge in [-0.2, -0.15) is 0 Å². The highest BCUT2D eigenvalue weighted by molar-refractivity contribution is 5.79. The zero-order valence-electron chi connectivity index (χ0n) is 16.9. The Morgan fingerprint density at radius 2 is 2.10 bits per heavy atom. The van der Waals surface area contributed by atoms with Crippen LogP contribution in [0.5, 0.6) is 0 Å². The maximum absolute atomic E-state index is 14.0. The number of amides is 1. The van der Waals surface area contributed by atoms with Crippen LogP contribution < -0.4 is 0 Å². The quantitative estimate of drug-likeness (QED) is 0.723. The molecule has 0 bridgehead atoms. The molecule has 30 heavy (non-hydrogen) atoms. The Hall–Kier alpha value is -2.38. The monoisotopic (exact) mass is 416 g/mol. The summed E-state index contributed by atoms with van der Waals surface area (Å²) in [4.78, 5) is 18.7. The summed E-state index contributed by atoms with van der Waals surface area (Å²) in [6.45, 7) is 2.73. The number of piperidine rings is 1. The normalized spacial score (nSPS) is 23.8. The Morgan fingerprint density at radius 3 is 2.93 bits per heavy atom. The number of aromatic nitrogens is 1. The molecular weight excluding hydrogens is 390 g/mol. The topological polar surface area (TPSA) is 51.7 Å². The lowest BCUT2D eigenvalue weighted by Gasteiger charge is -2.50. The molecule has 7 heteroatoms. The molecule has 4 rings (SSSR count). The highest BCUT2D eigenvalue weighted by Crippen LogP contribution is 2.40. The molecule has 2 aliphatic heterocycles. The molecule has 1 aromatic carbocycles. The van der Waals surface area contributed by atoms with Crippen molar-refractivity contribution in [2.75, 3.05) is 26.3 Å². The van der Waals surface area contributed by atoms with Gasteiger partial charge in [-0.05, 0) is 43.0 Å². The zero-order valence-corrected chi connectivity index (χ0v) is 16.9. The second-order valence-electron chi connectivity index (χ2n) is 8.17. The highest BCUT2D eigenvalue weighted by Gasteiger charge is 2.47. The number of carbonyl (C=O) groups is 1. The number of fused-ring (bicyclic) bond motifs is 1. The molecule has 0 spiro atoms. The van der Waals surface area contributed by atoms with Crippen molar-refractivity contribution in [2.45, 2.75) is 38.4 Å². The first-order valence-electron chi connectivity index (χ1n) is 10.4. The van der Waals surface area contributed by atoms with E-state index in [1.54, 1.807) is 17.3 Å². The summed E-state index contributed by atoms with van der Waals surface area (Å²) in [6, 6.07) is 7.77. The van der Waals surface area contributed by atoms with Crippen molar-refractivity contribution in [1.82, 2.24) is 9.88 Å². The van der Waals surface area contributed by atoms with E-state index < -0.39 is 11.6 Å². The van der Waals surface area contributed by atoms with Gasteiger partial charge in [0.1, 0.15) is 0 Å². The van der Waals surface area contributed by atoms with Crippen LogP contribution in [0.4, 0.5) is 8.78 Å². The van der Waals surface area contributed by atoms with E-state index in [2.05, 4.69) is 4.98 Å². The van der Waals surface area contributed by atoms with Gasteiger partial charge in [0.25, 0.3) is 0 Å². The van der Waals surface area contributed by atoms with Gasteiger partial charge >= 0.3 is 0 Å². The van der Waals surface area contributed by atoms with Gasteiger partial charge in [0.05, 0.1) is 25.7 Å². The van der Waals surface area contributed by atoms with Gasteiger partial charge in [-0.25, -0.2) is 8.78 Å². The Bertz CT molecular complexity index is 880. The van der Waals surface area contributed by atoms with Gasteiger partial charge in [0.2, 0.25) is 5.91 Å². The van der Waals surface area contributed by atoms with Gasteiger partial charge < -0.3 is 14.4 Å². The smallest absolute Gasteiger partial charge is 0.227 e. The van der Waals surface area contributed by atoms with Crippen molar-refractivity contribution in [1.29, 1.82) is 0 Å². The van der Waals surface area contributed by atoms with Gasteiger partial charge in [-0.1, -0.05) is 12.1 Å². The van der Waals surface area contributed by atoms with E-state index in [1.165, 1.54) is 12.1 Å². The van der Waals surface area contributed by atoms with Crippen molar-refractivity contribution in [3.8, 4) is 0 Å². The summed E-state index contributed by atoms with van der Waals surface area (Å²) in [5, 5.41) is 0. The average molecular weight is 416 g/mol. The maximum atomic E-state index is 14.0. The highest BCUT2D eigenvalue weighted by atomic mass is 19.2. The number of nitrogens with zero attached hydrogens (tertiary/aromatic N) is 2. The van der Waals surface area contributed by atoms with Gasteiger partial charge in [-0.3, -0.25) is 9.78 Å². The van der Waals surface area contributed by atoms with Crippen LogP contribution in [-0.4, -0.2) is 48.2 Å². The first-order chi connectivity index (χ1) is 14.6. The van der Waals surface area contributed by atoms with E-state index in [9.17, 15) is 13.6 Å². The van der Waals surface area contributed by atoms with Gasteiger partial charge in [0, 0.05) is 43.1 Å². The minimum Gasteiger partial charge on any atom is -0.377 e. The van der Waals surface area contributed by atoms with Crippen LogP contribution in [-0.2, 0) is 27.3 Å². The molecule has 1 amide bonds. The summed E-state index contributed by atoms with van der Waals surface area (Å²) in [6.07, 6.45) is 5.89. The van der Waals surface area contributed by atoms with Crippen molar-refractivity contribution >= 4 is 5.91 Å². The molecule has 0 radical (unpaired) electrons. The molecule has 2 fully saturated rings. The number of ether oxygens (including phenoxy) is 2. The molecule has 2 atom stereocenters. The summed E-state index contributed by atoms with van der Waals surface area (Å²) in [5.74, 6) is -2.07. The molecular formula is C23H26F2N2O3. The number of likely N-dealkylation sites (tertiary alicyclic amines) is 1. The van der Waals surface area contributed by atoms with Gasteiger partial charge in [0.15, 0.2) is 11.6 Å². The Kier molecular flexibility index (Phi) is 6.39. The number of pyridine rings is 1. The summed E-state index contributed by atoms with van der Waals surface area (Å²) < 4.78 is 39.6. The minimum absolute atomic E-state index is 0.0404. The number of hydrogen-bond donors (Lipinski definition) is 0. The summed E-state index contributed by atoms with van der Waals surface area (Å²) >= 11 is 0. The van der Waals surface area contributed by atoms with Crippen LogP contribution in [0.15, 0.2) is 42.7 Å². The molecule has 160 valence electrons. The summed E-state index contributed by atoms with van der Waals surface area (Å²) in [5.41, 5.74) is 0.852. The standard InChI is InChI=1S/C23H26F2N2O3/c24-19-4-1-3-18(22(19)25)13-21(28)27-11-7-20-23(15-27,8-2-12-30-20)16-29-14-17-5-9-26-10-6-17/h1,3-6,9-10,20H,2,7-8,11-16H2/t20-,23+/m0/s1. The number of hydrogen-bond acceptors (Lipinski definition) is 4. The maximum Gasteiger partial charge on any atom is 0.227 e. The second-order valence-corrected chi connectivity index (χ2v) is 8.17. The third-order valence-electron chi connectivity index (χ3n) is 6.12. The molecule has 0 aliphatic carbocycles. The molecule has 2 aliphatic rings. The van der Waals surface area contributed by atoms with Gasteiger partial charge in [-0.15, -0.1) is 0 Å². The molecule has 3 heterocycles. The first kappa shape index (κ1) is 20.9. The van der Waals surface area contributed by atoms with Crippen molar-refractivity contribution in [2.24, 2.45) is 5.41 Å². The Morgan fingerprint density at radius 1 is 1.27 bits per heavy atom. The van der Waals surface area contributed by atoms with Crippen molar-refractivity contribution < 1.29 is 23.0 Å². The van der Waals surface area contributed by atoms with Crippen LogP contribution in [0.2, 0.25) is 0 Å². The zero-order chi connectivity index (χ0) is 21.0. The minimum atomic E-state index is -0.947. The molecule has 2 saturated heterocycles. The number of benzene rings is 1. The second kappa shape index (κ2) is 9.18. The van der Waals surface area contributed by atoms with Crippen LogP contribution in [0, 0.1) is 17.0 Å². The van der Waals surface area contributed by atoms with Crippen molar-refractivity contribution in [3.05, 3.63) is 65.5 Å². The van der Waals surface area contributed by atoms with E-state index in [0.29, 0.717) is 26.3 Å². The number of rotatable bonds is 6. The lowest BCUT2D eigenvalue weighted by Crippen LogP contribution is -2.58. The first-order valence-corrected chi connectivity index (χ1v) is 10.4. The van der Waals surface area contributed by atoms with Crippen LogP contribution >= 0.6 is 0 Å². The SMILES string of the molecule is O=C(Cc1cccc(F)c1F)N1CC[C@@H]2OCCC[C@]2(COCc2ccncc2)C1. The molecule has 1 aromatic heterocycles. The lowest BCUT2D eigenvalue weighted by atomic mass is 9.73. The predicted octanol–water partition coefficient (Wildman–Crippen LogP) is 3.52. The Balaban J connectivity index is 1.43. The fourth-order valence-electron chi connectivity index (χ4n) is 4.52. The van der Waals surface area contributed by atoms with Crippen LogP contribution in [0.3, 0.4) is 0 Å². The Labute approximate surface area is 175 Å². The fourth-order valence-corrected chi connectivity index (χ4v) is 4.52. The van der Waals surface area contributed by atoms with E-state index in [4.69, 9.17) is 9.47 Å².